The number of carbonyl (C=O) groups is 1. The van der Waals surface area contributed by atoms with Crippen molar-refractivity contribution in [2.45, 2.75) is 58.0 Å². The Labute approximate surface area is 136 Å². The van der Waals surface area contributed by atoms with Crippen molar-refractivity contribution in [3.8, 4) is 11.5 Å². The zero-order valence-corrected chi connectivity index (χ0v) is 13.9. The molecule has 0 aromatic heterocycles. The number of hydrogen-bond acceptors (Lipinski definition) is 3. The number of aromatic hydroxyl groups is 1. The summed E-state index contributed by atoms with van der Waals surface area (Å²) in [6.45, 7) is 6.20. The zero-order chi connectivity index (χ0) is 16.8. The van der Waals surface area contributed by atoms with Gasteiger partial charge in [-0.1, -0.05) is 19.4 Å². The van der Waals surface area contributed by atoms with Crippen LogP contribution in [0.15, 0.2) is 23.8 Å². The van der Waals surface area contributed by atoms with Crippen LogP contribution in [0.1, 0.15) is 57.1 Å². The first-order valence-corrected chi connectivity index (χ1v) is 8.30. The quantitative estimate of drug-likeness (QED) is 0.884. The van der Waals surface area contributed by atoms with Gasteiger partial charge >= 0.3 is 5.97 Å². The first-order valence-electron chi connectivity index (χ1n) is 8.30. The van der Waals surface area contributed by atoms with Gasteiger partial charge < -0.3 is 14.9 Å². The number of aryl methyl sites for hydroxylation is 1. The Kier molecular flexibility index (Phi) is 3.86. The third-order valence-corrected chi connectivity index (χ3v) is 5.17. The minimum atomic E-state index is -0.864. The molecule has 0 bridgehead atoms. The molecule has 0 radical (unpaired) electrons. The highest BCUT2D eigenvalue weighted by Gasteiger charge is 2.46. The first-order chi connectivity index (χ1) is 10.8. The highest BCUT2D eigenvalue weighted by Crippen LogP contribution is 2.54. The van der Waals surface area contributed by atoms with Gasteiger partial charge in [0.2, 0.25) is 0 Å². The van der Waals surface area contributed by atoms with E-state index in [1.54, 1.807) is 6.07 Å². The summed E-state index contributed by atoms with van der Waals surface area (Å²) in [5.74, 6) is 0.243. The normalized spacial score (nSPS) is 24.9. The predicted molar refractivity (Wildman–Crippen MR) is 88.0 cm³/mol. The van der Waals surface area contributed by atoms with Crippen LogP contribution in [0.3, 0.4) is 0 Å². The van der Waals surface area contributed by atoms with Crippen LogP contribution in [-0.2, 0) is 11.2 Å². The topological polar surface area (TPSA) is 66.8 Å². The number of rotatable bonds is 3. The molecule has 0 fully saturated rings. The van der Waals surface area contributed by atoms with E-state index in [2.05, 4.69) is 20.8 Å². The average molecular weight is 316 g/mol. The summed E-state index contributed by atoms with van der Waals surface area (Å²) in [7, 11) is 0. The lowest BCUT2D eigenvalue weighted by atomic mass is 9.67. The zero-order valence-electron chi connectivity index (χ0n) is 13.9. The Morgan fingerprint density at radius 1 is 1.39 bits per heavy atom. The second-order valence-electron chi connectivity index (χ2n) is 7.17. The fraction of sp³-hybridized carbons (Fsp3) is 0.526. The van der Waals surface area contributed by atoms with Gasteiger partial charge in [-0.3, -0.25) is 0 Å². The van der Waals surface area contributed by atoms with Crippen molar-refractivity contribution in [2.75, 3.05) is 0 Å². The molecular formula is C19H24O4. The number of phenols is 1. The second-order valence-corrected chi connectivity index (χ2v) is 7.17. The van der Waals surface area contributed by atoms with E-state index in [1.165, 1.54) is 0 Å². The highest BCUT2D eigenvalue weighted by atomic mass is 16.5. The van der Waals surface area contributed by atoms with E-state index in [0.29, 0.717) is 24.2 Å². The Hall–Kier alpha value is -1.97. The number of carboxylic acid groups (broad SMARTS) is 1. The monoisotopic (exact) mass is 316 g/mol. The number of phenolic OH excluding ortho intramolecular Hbond substituents is 1. The molecule has 1 aliphatic carbocycles. The third-order valence-electron chi connectivity index (χ3n) is 5.17. The van der Waals surface area contributed by atoms with Crippen LogP contribution >= 0.6 is 0 Å². The van der Waals surface area contributed by atoms with Gasteiger partial charge in [0, 0.05) is 23.0 Å². The lowest BCUT2D eigenvalue weighted by Crippen LogP contribution is -2.45. The molecule has 1 aliphatic heterocycles. The molecule has 0 spiro atoms. The minimum absolute atomic E-state index is 0.0134. The number of fused-ring (bicyclic) bond motifs is 3. The van der Waals surface area contributed by atoms with Crippen LogP contribution in [-0.4, -0.2) is 21.8 Å². The molecular weight excluding hydrogens is 292 g/mol. The van der Waals surface area contributed by atoms with Crippen LogP contribution in [0, 0.1) is 5.92 Å². The number of hydrogen-bond donors (Lipinski definition) is 2. The van der Waals surface area contributed by atoms with Crippen molar-refractivity contribution < 1.29 is 19.7 Å². The standard InChI is InChI=1S/C19H24O4/c1-4-5-11-8-15(20)17-13-10-12(18(21)22)6-7-14(13)19(2,3)23-16(17)9-11/h6,8-9,13-14,20H,4-5,7,10H2,1-3H3,(H,21,22)/t13-,14-/m1/s1. The van der Waals surface area contributed by atoms with Gasteiger partial charge in [0.15, 0.2) is 0 Å². The number of benzene rings is 1. The summed E-state index contributed by atoms with van der Waals surface area (Å²) < 4.78 is 6.22. The molecule has 124 valence electrons. The van der Waals surface area contributed by atoms with E-state index >= 15 is 0 Å². The first kappa shape index (κ1) is 15.9. The summed E-state index contributed by atoms with van der Waals surface area (Å²) in [5.41, 5.74) is 1.89. The Morgan fingerprint density at radius 3 is 2.78 bits per heavy atom. The molecule has 2 aliphatic rings. The fourth-order valence-corrected chi connectivity index (χ4v) is 4.06. The largest absolute Gasteiger partial charge is 0.508 e. The predicted octanol–water partition coefficient (Wildman–Crippen LogP) is 4.02. The Balaban J connectivity index is 2.08. The molecule has 23 heavy (non-hydrogen) atoms. The van der Waals surface area contributed by atoms with Gasteiger partial charge in [0.1, 0.15) is 17.1 Å². The molecule has 0 saturated carbocycles. The third kappa shape index (κ3) is 2.71. The Bertz CT molecular complexity index is 672. The summed E-state index contributed by atoms with van der Waals surface area (Å²) in [4.78, 5) is 11.4. The summed E-state index contributed by atoms with van der Waals surface area (Å²) in [6.07, 6.45) is 4.80. The molecule has 1 heterocycles. The van der Waals surface area contributed by atoms with Crippen molar-refractivity contribution >= 4 is 5.97 Å². The molecule has 3 rings (SSSR count). The van der Waals surface area contributed by atoms with E-state index in [-0.39, 0.29) is 23.2 Å². The van der Waals surface area contributed by atoms with Gasteiger partial charge in [0.05, 0.1) is 0 Å². The highest BCUT2D eigenvalue weighted by molar-refractivity contribution is 5.87. The lowest BCUT2D eigenvalue weighted by molar-refractivity contribution is -0.133. The maximum absolute atomic E-state index is 11.4. The van der Waals surface area contributed by atoms with Crippen LogP contribution < -0.4 is 4.74 Å². The van der Waals surface area contributed by atoms with E-state index < -0.39 is 5.97 Å². The van der Waals surface area contributed by atoms with Gasteiger partial charge in [-0.2, -0.15) is 0 Å². The van der Waals surface area contributed by atoms with Crippen molar-refractivity contribution in [2.24, 2.45) is 5.92 Å². The smallest absolute Gasteiger partial charge is 0.331 e. The van der Waals surface area contributed by atoms with Crippen molar-refractivity contribution in [1.82, 2.24) is 0 Å². The Morgan fingerprint density at radius 2 is 2.13 bits per heavy atom. The molecule has 0 saturated heterocycles. The van der Waals surface area contributed by atoms with Gasteiger partial charge in [-0.05, 0) is 50.8 Å². The number of allylic oxidation sites excluding steroid dienone is 1. The van der Waals surface area contributed by atoms with Crippen LogP contribution in [0.4, 0.5) is 0 Å². The molecule has 0 amide bonds. The second kappa shape index (κ2) is 5.59. The molecule has 4 nitrogen and oxygen atoms in total. The van der Waals surface area contributed by atoms with Gasteiger partial charge in [-0.15, -0.1) is 0 Å². The molecule has 2 N–H and O–H groups in total. The summed E-state index contributed by atoms with van der Waals surface area (Å²) >= 11 is 0. The van der Waals surface area contributed by atoms with E-state index in [1.807, 2.05) is 12.1 Å². The van der Waals surface area contributed by atoms with Crippen molar-refractivity contribution in [1.29, 1.82) is 0 Å². The average Bonchev–Trinajstić information content (AvgIpc) is 2.45. The van der Waals surface area contributed by atoms with Crippen LogP contribution in [0.2, 0.25) is 0 Å². The number of ether oxygens (including phenoxy) is 1. The van der Waals surface area contributed by atoms with Crippen molar-refractivity contribution in [3.05, 3.63) is 34.9 Å². The summed E-state index contributed by atoms with van der Waals surface area (Å²) in [6, 6.07) is 3.81. The van der Waals surface area contributed by atoms with Crippen LogP contribution in [0.5, 0.6) is 11.5 Å². The number of carboxylic acids is 1. The number of aliphatic carboxylic acids is 1. The minimum Gasteiger partial charge on any atom is -0.508 e. The molecule has 4 heteroatoms. The van der Waals surface area contributed by atoms with Gasteiger partial charge in [-0.25, -0.2) is 4.79 Å². The SMILES string of the molecule is CCCc1cc(O)c2c(c1)OC(C)(C)[C@@H]1CC=C(C(=O)O)C[C@@H]21. The van der Waals surface area contributed by atoms with E-state index in [4.69, 9.17) is 4.74 Å². The molecule has 1 aromatic carbocycles. The van der Waals surface area contributed by atoms with Gasteiger partial charge in [0.25, 0.3) is 0 Å². The maximum Gasteiger partial charge on any atom is 0.331 e. The van der Waals surface area contributed by atoms with Crippen molar-refractivity contribution in [3.63, 3.8) is 0 Å². The summed E-state index contributed by atoms with van der Waals surface area (Å²) in [5, 5.41) is 19.9. The van der Waals surface area contributed by atoms with Crippen LogP contribution in [0.25, 0.3) is 0 Å². The molecule has 2 atom stereocenters. The van der Waals surface area contributed by atoms with E-state index in [9.17, 15) is 15.0 Å². The fourth-order valence-electron chi connectivity index (χ4n) is 4.06. The molecule has 0 unspecified atom stereocenters. The van der Waals surface area contributed by atoms with E-state index in [0.717, 1.165) is 24.0 Å². The lowest BCUT2D eigenvalue weighted by Gasteiger charge is -2.46. The molecule has 1 aromatic rings. The maximum atomic E-state index is 11.4.